The third-order valence-corrected chi connectivity index (χ3v) is 4.83. The molecule has 2 aromatic rings. The molecule has 1 aromatic heterocycles. The van der Waals surface area contributed by atoms with Crippen molar-refractivity contribution >= 4 is 15.9 Å². The van der Waals surface area contributed by atoms with Crippen LogP contribution in [0, 0.1) is 0 Å². The summed E-state index contributed by atoms with van der Waals surface area (Å²) in [6.07, 6.45) is 1.70. The van der Waals surface area contributed by atoms with Crippen molar-refractivity contribution in [1.29, 1.82) is 0 Å². The first-order valence-corrected chi connectivity index (χ1v) is 8.90. The van der Waals surface area contributed by atoms with Crippen molar-refractivity contribution in [3.63, 3.8) is 0 Å². The molecule has 1 fully saturated rings. The highest BCUT2D eigenvalue weighted by atomic mass is 32.2. The Labute approximate surface area is 134 Å². The minimum absolute atomic E-state index is 0.0735. The lowest BCUT2D eigenvalue weighted by Gasteiger charge is -2.06. The lowest BCUT2D eigenvalue weighted by Crippen LogP contribution is -2.12. The van der Waals surface area contributed by atoms with Crippen LogP contribution in [-0.4, -0.2) is 26.8 Å². The average Bonchev–Trinajstić information content (AvgIpc) is 3.19. The molecule has 3 rings (SSSR count). The molecule has 0 spiro atoms. The summed E-state index contributed by atoms with van der Waals surface area (Å²) in [5.41, 5.74) is 0.604. The monoisotopic (exact) mass is 338 g/mol. The van der Waals surface area contributed by atoms with Crippen LogP contribution in [0.1, 0.15) is 31.6 Å². The Morgan fingerprint density at radius 1 is 1.35 bits per heavy atom. The number of sulfonamides is 1. The molecule has 1 aliphatic heterocycles. The molecule has 0 amide bonds. The number of hydrogen-bond donors (Lipinski definition) is 1. The maximum atomic E-state index is 12.3. The van der Waals surface area contributed by atoms with Crippen LogP contribution in [0.2, 0.25) is 0 Å². The topological polar surface area (TPSA) is 90.7 Å². The summed E-state index contributed by atoms with van der Waals surface area (Å²) < 4.78 is 42.9. The Balaban J connectivity index is 1.72. The summed E-state index contributed by atoms with van der Waals surface area (Å²) in [6, 6.07) is 7.73. The van der Waals surface area contributed by atoms with Crippen LogP contribution in [0.3, 0.4) is 0 Å². The number of rotatable bonds is 6. The molecule has 1 atom stereocenters. The van der Waals surface area contributed by atoms with Gasteiger partial charge in [0.2, 0.25) is 5.88 Å². The van der Waals surface area contributed by atoms with Crippen LogP contribution in [0.25, 0.3) is 0 Å². The summed E-state index contributed by atoms with van der Waals surface area (Å²) in [4.78, 5) is 0.121. The first kappa shape index (κ1) is 15.8. The summed E-state index contributed by atoms with van der Waals surface area (Å²) in [5, 5.41) is 3.87. The normalized spacial score (nSPS) is 18.0. The molecule has 0 aliphatic carbocycles. The van der Waals surface area contributed by atoms with Crippen LogP contribution < -0.4 is 9.46 Å². The van der Waals surface area contributed by atoms with Gasteiger partial charge >= 0.3 is 0 Å². The molecular formula is C15H18N2O5S. The third-order valence-electron chi connectivity index (χ3n) is 3.47. The molecule has 1 aliphatic rings. The SMILES string of the molecule is CCOc1ccc(S(=O)(=O)Nc2cc(C3CCCO3)no2)cc1. The van der Waals surface area contributed by atoms with Crippen molar-refractivity contribution in [2.75, 3.05) is 17.9 Å². The highest BCUT2D eigenvalue weighted by Gasteiger charge is 2.23. The van der Waals surface area contributed by atoms with Gasteiger partial charge in [-0.05, 0) is 44.0 Å². The van der Waals surface area contributed by atoms with Gasteiger partial charge in [0.1, 0.15) is 17.5 Å². The van der Waals surface area contributed by atoms with Crippen molar-refractivity contribution < 1.29 is 22.4 Å². The fourth-order valence-electron chi connectivity index (χ4n) is 2.37. The van der Waals surface area contributed by atoms with Crippen LogP contribution in [0.15, 0.2) is 39.8 Å². The molecule has 1 N–H and O–H groups in total. The number of nitrogens with one attached hydrogen (secondary N) is 1. The molecule has 23 heavy (non-hydrogen) atoms. The van der Waals surface area contributed by atoms with Crippen molar-refractivity contribution in [1.82, 2.24) is 5.16 Å². The van der Waals surface area contributed by atoms with Crippen molar-refractivity contribution in [2.24, 2.45) is 0 Å². The zero-order valence-electron chi connectivity index (χ0n) is 12.7. The Morgan fingerprint density at radius 2 is 2.13 bits per heavy atom. The van der Waals surface area contributed by atoms with E-state index >= 15 is 0 Å². The number of anilines is 1. The lowest BCUT2D eigenvalue weighted by molar-refractivity contribution is 0.105. The third kappa shape index (κ3) is 3.65. The van der Waals surface area contributed by atoms with Gasteiger partial charge in [-0.2, -0.15) is 0 Å². The van der Waals surface area contributed by atoms with Gasteiger partial charge in [-0.15, -0.1) is 0 Å². The Kier molecular flexibility index (Phi) is 4.53. The quantitative estimate of drug-likeness (QED) is 0.871. The Bertz CT molecular complexity index is 748. The first-order chi connectivity index (χ1) is 11.1. The number of nitrogens with zero attached hydrogens (tertiary/aromatic N) is 1. The summed E-state index contributed by atoms with van der Waals surface area (Å²) >= 11 is 0. The van der Waals surface area contributed by atoms with E-state index in [9.17, 15) is 8.42 Å². The molecule has 2 heterocycles. The lowest BCUT2D eigenvalue weighted by atomic mass is 10.2. The van der Waals surface area contributed by atoms with E-state index in [-0.39, 0.29) is 16.9 Å². The molecule has 8 heteroatoms. The number of hydrogen-bond acceptors (Lipinski definition) is 6. The van der Waals surface area contributed by atoms with Crippen LogP contribution in [0.4, 0.5) is 5.88 Å². The van der Waals surface area contributed by atoms with Gasteiger partial charge < -0.3 is 14.0 Å². The minimum atomic E-state index is -3.74. The van der Waals surface area contributed by atoms with E-state index in [4.69, 9.17) is 14.0 Å². The second-order valence-electron chi connectivity index (χ2n) is 5.13. The number of aromatic nitrogens is 1. The maximum Gasteiger partial charge on any atom is 0.264 e. The van der Waals surface area contributed by atoms with Gasteiger partial charge in [0.25, 0.3) is 10.0 Å². The fraction of sp³-hybridized carbons (Fsp3) is 0.400. The molecule has 1 unspecified atom stereocenters. The van der Waals surface area contributed by atoms with Gasteiger partial charge in [0.05, 0.1) is 11.5 Å². The zero-order valence-corrected chi connectivity index (χ0v) is 13.5. The molecule has 0 radical (unpaired) electrons. The molecule has 7 nitrogen and oxygen atoms in total. The van der Waals surface area contributed by atoms with Gasteiger partial charge in [-0.3, -0.25) is 0 Å². The van der Waals surface area contributed by atoms with Gasteiger partial charge in [-0.1, -0.05) is 5.16 Å². The van der Waals surface area contributed by atoms with E-state index in [0.29, 0.717) is 24.7 Å². The maximum absolute atomic E-state index is 12.3. The van der Waals surface area contributed by atoms with E-state index < -0.39 is 10.0 Å². The molecule has 1 aromatic carbocycles. The summed E-state index contributed by atoms with van der Waals surface area (Å²) in [7, 11) is -3.74. The van der Waals surface area contributed by atoms with E-state index in [1.807, 2.05) is 6.92 Å². The Hall–Kier alpha value is -2.06. The van der Waals surface area contributed by atoms with E-state index in [0.717, 1.165) is 12.8 Å². The average molecular weight is 338 g/mol. The predicted octanol–water partition coefficient (Wildman–Crippen LogP) is 2.73. The van der Waals surface area contributed by atoms with Crippen LogP contribution in [0.5, 0.6) is 5.75 Å². The van der Waals surface area contributed by atoms with Crippen molar-refractivity contribution in [2.45, 2.75) is 30.8 Å². The standard InChI is InChI=1S/C15H18N2O5S/c1-2-20-11-5-7-12(8-6-11)23(18,19)17-15-10-13(16-22-15)14-4-3-9-21-14/h5-8,10,14,17H,2-4,9H2,1H3. The predicted molar refractivity (Wildman–Crippen MR) is 82.8 cm³/mol. The molecular weight excluding hydrogens is 320 g/mol. The van der Waals surface area contributed by atoms with Gasteiger partial charge in [0, 0.05) is 12.7 Å². The van der Waals surface area contributed by atoms with Gasteiger partial charge in [0.15, 0.2) is 0 Å². The Morgan fingerprint density at radius 3 is 2.78 bits per heavy atom. The fourth-order valence-corrected chi connectivity index (χ4v) is 3.35. The smallest absolute Gasteiger partial charge is 0.264 e. The summed E-state index contributed by atoms with van der Waals surface area (Å²) in [5.74, 6) is 0.691. The van der Waals surface area contributed by atoms with Crippen LogP contribution in [-0.2, 0) is 14.8 Å². The second kappa shape index (κ2) is 6.59. The molecule has 0 bridgehead atoms. The first-order valence-electron chi connectivity index (χ1n) is 7.42. The number of ether oxygens (including phenoxy) is 2. The van der Waals surface area contributed by atoms with Crippen LogP contribution >= 0.6 is 0 Å². The second-order valence-corrected chi connectivity index (χ2v) is 6.81. The molecule has 1 saturated heterocycles. The van der Waals surface area contributed by atoms with Gasteiger partial charge in [-0.25, -0.2) is 13.1 Å². The number of benzene rings is 1. The highest BCUT2D eigenvalue weighted by Crippen LogP contribution is 2.29. The largest absolute Gasteiger partial charge is 0.494 e. The highest BCUT2D eigenvalue weighted by molar-refractivity contribution is 7.92. The van der Waals surface area contributed by atoms with Crippen molar-refractivity contribution in [3.8, 4) is 5.75 Å². The zero-order chi connectivity index (χ0) is 16.3. The van der Waals surface area contributed by atoms with Crippen molar-refractivity contribution in [3.05, 3.63) is 36.0 Å². The van der Waals surface area contributed by atoms with E-state index in [1.54, 1.807) is 18.2 Å². The molecule has 124 valence electrons. The minimum Gasteiger partial charge on any atom is -0.494 e. The van der Waals surface area contributed by atoms with E-state index in [2.05, 4.69) is 9.88 Å². The molecule has 0 saturated carbocycles. The summed E-state index contributed by atoms with van der Waals surface area (Å²) in [6.45, 7) is 3.07. The van der Waals surface area contributed by atoms with E-state index in [1.165, 1.54) is 12.1 Å².